The minimum atomic E-state index is -4.66. The lowest BCUT2D eigenvalue weighted by Gasteiger charge is -2.10. The van der Waals surface area contributed by atoms with Gasteiger partial charge in [0.15, 0.2) is 0 Å². The zero-order valence-corrected chi connectivity index (χ0v) is 8.34. The minimum Gasteiger partial charge on any atom is -0.399 e. The first-order valence-electron chi connectivity index (χ1n) is 6.96. The number of aromatic nitrogens is 2. The second-order valence-corrected chi connectivity index (χ2v) is 3.32. The summed E-state index contributed by atoms with van der Waals surface area (Å²) in [6.45, 7) is -2.74. The van der Waals surface area contributed by atoms with E-state index in [0.717, 1.165) is 6.07 Å². The highest BCUT2D eigenvalue weighted by atomic mass is 19.4. The molecule has 0 saturated carbocycles. The molecule has 0 aliphatic rings. The van der Waals surface area contributed by atoms with Crippen LogP contribution in [0.1, 0.15) is 18.1 Å². The number of alkyl halides is 3. The summed E-state index contributed by atoms with van der Waals surface area (Å²) in [6.07, 6.45) is -6.00. The maximum atomic E-state index is 12.8. The SMILES string of the molecule is [2H]c1nc(C([2H])([2H])[2H])c([2H])n1-c1cc(N)cc(C(F)(F)F)c1. The number of nitrogens with two attached hydrogens (primary N) is 1. The van der Waals surface area contributed by atoms with Crippen LogP contribution in [-0.2, 0) is 6.18 Å². The first-order valence-corrected chi connectivity index (χ1v) is 4.46. The van der Waals surface area contributed by atoms with E-state index in [0.29, 0.717) is 16.7 Å². The lowest BCUT2D eigenvalue weighted by atomic mass is 10.1. The van der Waals surface area contributed by atoms with Gasteiger partial charge in [-0.3, -0.25) is 0 Å². The van der Waals surface area contributed by atoms with Crippen molar-refractivity contribution in [2.24, 2.45) is 0 Å². The maximum Gasteiger partial charge on any atom is 0.416 e. The summed E-state index contributed by atoms with van der Waals surface area (Å²) in [7, 11) is 0. The van der Waals surface area contributed by atoms with Crippen molar-refractivity contribution in [3.63, 3.8) is 0 Å². The number of imidazole rings is 1. The average Bonchev–Trinajstić information content (AvgIpc) is 2.62. The number of nitrogen functional groups attached to an aromatic ring is 1. The van der Waals surface area contributed by atoms with Crippen LogP contribution in [0.5, 0.6) is 0 Å². The van der Waals surface area contributed by atoms with Crippen molar-refractivity contribution >= 4 is 5.69 Å². The Bertz CT molecular complexity index is 721. The number of benzene rings is 1. The van der Waals surface area contributed by atoms with E-state index in [9.17, 15) is 13.2 Å². The number of anilines is 1. The molecule has 3 nitrogen and oxygen atoms in total. The van der Waals surface area contributed by atoms with Crippen LogP contribution in [0.3, 0.4) is 0 Å². The van der Waals surface area contributed by atoms with E-state index in [-0.39, 0.29) is 11.4 Å². The van der Waals surface area contributed by atoms with Gasteiger partial charge in [-0.1, -0.05) is 0 Å². The van der Waals surface area contributed by atoms with E-state index in [1.165, 1.54) is 0 Å². The molecule has 1 aromatic heterocycles. The average molecular weight is 246 g/mol. The lowest BCUT2D eigenvalue weighted by molar-refractivity contribution is -0.137. The molecule has 1 aromatic carbocycles. The van der Waals surface area contributed by atoms with Gasteiger partial charge < -0.3 is 10.3 Å². The van der Waals surface area contributed by atoms with Crippen LogP contribution in [0.2, 0.25) is 0 Å². The molecule has 0 saturated heterocycles. The highest BCUT2D eigenvalue weighted by molar-refractivity contribution is 5.51. The van der Waals surface area contributed by atoms with Gasteiger partial charge in [0.1, 0.15) is 1.37 Å². The molecule has 0 atom stereocenters. The molecule has 0 fully saturated rings. The molecule has 2 rings (SSSR count). The summed E-state index contributed by atoms with van der Waals surface area (Å²) >= 11 is 0. The summed E-state index contributed by atoms with van der Waals surface area (Å²) < 4.78 is 76.1. The van der Waals surface area contributed by atoms with Gasteiger partial charge in [0.2, 0.25) is 0 Å². The zero-order valence-electron chi connectivity index (χ0n) is 13.3. The third kappa shape index (κ3) is 2.41. The van der Waals surface area contributed by atoms with Crippen molar-refractivity contribution in [2.45, 2.75) is 13.0 Å². The second-order valence-electron chi connectivity index (χ2n) is 3.32. The molecule has 1 heterocycles. The Morgan fingerprint density at radius 2 is 2.18 bits per heavy atom. The Kier molecular flexibility index (Phi) is 1.49. The van der Waals surface area contributed by atoms with Crippen molar-refractivity contribution in [2.75, 3.05) is 5.73 Å². The number of hydrogen-bond donors (Lipinski definition) is 1. The third-order valence-electron chi connectivity index (χ3n) is 2.01. The van der Waals surface area contributed by atoms with Crippen molar-refractivity contribution in [1.82, 2.24) is 9.55 Å². The van der Waals surface area contributed by atoms with E-state index in [1.807, 2.05) is 0 Å². The summed E-state index contributed by atoms with van der Waals surface area (Å²) in [5, 5.41) is 0. The summed E-state index contributed by atoms with van der Waals surface area (Å²) in [5.74, 6) is 0. The van der Waals surface area contributed by atoms with Gasteiger partial charge >= 0.3 is 6.18 Å². The van der Waals surface area contributed by atoms with Gasteiger partial charge in [-0.15, -0.1) is 0 Å². The highest BCUT2D eigenvalue weighted by Crippen LogP contribution is 2.32. The number of nitrogens with zero attached hydrogens (tertiary/aromatic N) is 2. The van der Waals surface area contributed by atoms with Crippen LogP contribution in [0.4, 0.5) is 18.9 Å². The maximum absolute atomic E-state index is 12.8. The van der Waals surface area contributed by atoms with Gasteiger partial charge in [-0.25, -0.2) is 4.98 Å². The van der Waals surface area contributed by atoms with Gasteiger partial charge in [0.05, 0.1) is 18.9 Å². The van der Waals surface area contributed by atoms with Crippen LogP contribution >= 0.6 is 0 Å². The Morgan fingerprint density at radius 3 is 2.76 bits per heavy atom. The van der Waals surface area contributed by atoms with Crippen molar-refractivity contribution < 1.29 is 20.0 Å². The van der Waals surface area contributed by atoms with Gasteiger partial charge in [-0.05, 0) is 25.1 Å². The predicted molar refractivity (Wildman–Crippen MR) is 57.7 cm³/mol. The van der Waals surface area contributed by atoms with E-state index in [1.54, 1.807) is 0 Å². The smallest absolute Gasteiger partial charge is 0.399 e. The van der Waals surface area contributed by atoms with Crippen LogP contribution in [0.15, 0.2) is 30.7 Å². The molecule has 90 valence electrons. The molecule has 0 bridgehead atoms. The number of hydrogen-bond acceptors (Lipinski definition) is 2. The largest absolute Gasteiger partial charge is 0.416 e. The lowest BCUT2D eigenvalue weighted by Crippen LogP contribution is -2.07. The van der Waals surface area contributed by atoms with Crippen molar-refractivity contribution in [3.8, 4) is 5.69 Å². The molecule has 0 unspecified atom stereocenters. The molecule has 0 aliphatic heterocycles. The Morgan fingerprint density at radius 1 is 1.41 bits per heavy atom. The quantitative estimate of drug-likeness (QED) is 0.786. The van der Waals surface area contributed by atoms with E-state index in [2.05, 4.69) is 4.98 Å². The molecule has 17 heavy (non-hydrogen) atoms. The van der Waals surface area contributed by atoms with Gasteiger partial charge in [-0.2, -0.15) is 13.2 Å². The first-order chi connectivity index (χ1) is 9.91. The second kappa shape index (κ2) is 3.80. The fourth-order valence-electron chi connectivity index (χ4n) is 1.31. The van der Waals surface area contributed by atoms with Crippen LogP contribution < -0.4 is 5.73 Å². The molecular weight excluding hydrogens is 231 g/mol. The van der Waals surface area contributed by atoms with E-state index >= 15 is 0 Å². The van der Waals surface area contributed by atoms with E-state index in [4.69, 9.17) is 12.6 Å². The van der Waals surface area contributed by atoms with Gasteiger partial charge in [0, 0.05) is 21.7 Å². The Labute approximate surface area is 103 Å². The molecule has 0 radical (unpaired) electrons. The monoisotopic (exact) mass is 246 g/mol. The first kappa shape index (κ1) is 6.68. The highest BCUT2D eigenvalue weighted by Gasteiger charge is 2.31. The minimum absolute atomic E-state index is 0.229. The molecule has 0 spiro atoms. The molecular formula is C11H10F3N3. The Hall–Kier alpha value is -1.98. The Balaban J connectivity index is 2.68. The topological polar surface area (TPSA) is 43.8 Å². The van der Waals surface area contributed by atoms with Crippen molar-refractivity contribution in [3.05, 3.63) is 41.9 Å². The summed E-state index contributed by atoms with van der Waals surface area (Å²) in [6, 6.07) is 2.49. The predicted octanol–water partition coefficient (Wildman–Crippen LogP) is 2.78. The molecule has 2 N–H and O–H groups in total. The van der Waals surface area contributed by atoms with Crippen LogP contribution in [0.25, 0.3) is 5.69 Å². The van der Waals surface area contributed by atoms with Crippen LogP contribution in [0, 0.1) is 6.85 Å². The zero-order chi connectivity index (χ0) is 16.9. The standard InChI is InChI=1S/C11H10F3N3/c1-7-5-17(6-16-7)10-3-8(11(12,13)14)2-9(15)4-10/h2-6H,15H2,1H3/i1D3,5D,6D. The van der Waals surface area contributed by atoms with Crippen molar-refractivity contribution in [1.29, 1.82) is 0 Å². The molecule has 0 amide bonds. The summed E-state index contributed by atoms with van der Waals surface area (Å²) in [4.78, 5) is 3.44. The molecule has 2 aromatic rings. The number of aryl methyl sites for hydroxylation is 1. The number of rotatable bonds is 1. The van der Waals surface area contributed by atoms with E-state index < -0.39 is 36.8 Å². The van der Waals surface area contributed by atoms with Crippen LogP contribution in [-0.4, -0.2) is 9.55 Å². The third-order valence-corrected chi connectivity index (χ3v) is 2.01. The fraction of sp³-hybridized carbons (Fsp3) is 0.182. The fourth-order valence-corrected chi connectivity index (χ4v) is 1.31. The molecule has 6 heteroatoms. The summed E-state index contributed by atoms with van der Waals surface area (Å²) in [5.41, 5.74) is 3.22. The molecule has 0 aliphatic carbocycles. The normalized spacial score (nSPS) is 16.8. The van der Waals surface area contributed by atoms with Gasteiger partial charge in [0.25, 0.3) is 0 Å². The number of halogens is 3.